The molecule has 0 bridgehead atoms. The third kappa shape index (κ3) is 7.19. The Morgan fingerprint density at radius 2 is 1.05 bits per heavy atom. The third-order valence-corrected chi connectivity index (χ3v) is 8.34. The molecule has 0 aliphatic heterocycles. The number of carbonyl (C=O) groups excluding carboxylic acids is 2. The zero-order valence-corrected chi connectivity index (χ0v) is 22.5. The van der Waals surface area contributed by atoms with E-state index in [0.717, 1.165) is 51.4 Å². The van der Waals surface area contributed by atoms with Crippen LogP contribution in [-0.2, 0) is 0 Å². The van der Waals surface area contributed by atoms with E-state index in [1.54, 1.807) is 26.0 Å². The van der Waals surface area contributed by atoms with Gasteiger partial charge < -0.3 is 10.6 Å². The summed E-state index contributed by atoms with van der Waals surface area (Å²) in [5.41, 5.74) is 1.89. The van der Waals surface area contributed by atoms with E-state index in [-0.39, 0.29) is 35.3 Å². The third-order valence-electron chi connectivity index (χ3n) is 8.34. The van der Waals surface area contributed by atoms with E-state index in [1.807, 2.05) is 0 Å². The maximum Gasteiger partial charge on any atom is 0.272 e. The van der Waals surface area contributed by atoms with Crippen LogP contribution in [0.5, 0.6) is 0 Å². The van der Waals surface area contributed by atoms with E-state index < -0.39 is 9.85 Å². The summed E-state index contributed by atoms with van der Waals surface area (Å²) in [6.45, 7) is 3.28. The van der Waals surface area contributed by atoms with Crippen molar-refractivity contribution in [1.29, 1.82) is 0 Å². The van der Waals surface area contributed by atoms with Gasteiger partial charge in [-0.25, -0.2) is 0 Å². The summed E-state index contributed by atoms with van der Waals surface area (Å²) in [5.74, 6) is 0.916. The molecule has 2 aliphatic rings. The molecular formula is C29H36N4O6. The fourth-order valence-electron chi connectivity index (χ4n) is 6.10. The Labute approximate surface area is 227 Å². The zero-order chi connectivity index (χ0) is 28.1. The van der Waals surface area contributed by atoms with Gasteiger partial charge in [-0.2, -0.15) is 0 Å². The smallest absolute Gasteiger partial charge is 0.272 e. The molecule has 2 aromatic carbocycles. The van der Waals surface area contributed by atoms with Crippen molar-refractivity contribution in [3.05, 3.63) is 78.9 Å². The van der Waals surface area contributed by atoms with Crippen LogP contribution in [0.4, 0.5) is 11.4 Å². The number of nitrogens with one attached hydrogen (secondary N) is 2. The molecule has 0 unspecified atom stereocenters. The van der Waals surface area contributed by atoms with Gasteiger partial charge in [-0.05, 0) is 108 Å². The Kier molecular flexibility index (Phi) is 8.93. The fourth-order valence-corrected chi connectivity index (χ4v) is 6.10. The van der Waals surface area contributed by atoms with Crippen molar-refractivity contribution in [2.24, 2.45) is 11.8 Å². The van der Waals surface area contributed by atoms with Gasteiger partial charge in [0.25, 0.3) is 23.2 Å². The van der Waals surface area contributed by atoms with Crippen LogP contribution in [0.25, 0.3) is 0 Å². The lowest BCUT2D eigenvalue weighted by Gasteiger charge is -2.34. The average molecular weight is 537 g/mol. The van der Waals surface area contributed by atoms with Crippen molar-refractivity contribution >= 4 is 23.2 Å². The van der Waals surface area contributed by atoms with E-state index in [4.69, 9.17) is 0 Å². The molecule has 0 spiro atoms. The second kappa shape index (κ2) is 12.4. The van der Waals surface area contributed by atoms with E-state index in [0.29, 0.717) is 34.1 Å². The highest BCUT2D eigenvalue weighted by atomic mass is 16.6. The van der Waals surface area contributed by atoms with Gasteiger partial charge in [0.15, 0.2) is 0 Å². The summed E-state index contributed by atoms with van der Waals surface area (Å²) < 4.78 is 0. The predicted molar refractivity (Wildman–Crippen MR) is 147 cm³/mol. The lowest BCUT2D eigenvalue weighted by atomic mass is 9.75. The summed E-state index contributed by atoms with van der Waals surface area (Å²) in [5, 5.41) is 28.2. The van der Waals surface area contributed by atoms with Gasteiger partial charge >= 0.3 is 0 Å². The lowest BCUT2D eigenvalue weighted by Crippen LogP contribution is -2.39. The molecule has 0 saturated heterocycles. The SMILES string of the molecule is Cc1cc(C(=O)NC2CCC(CC3CCC(NC(=O)c4ccc([N+](=O)[O-])c(C)c4)CC3)CC2)ccc1[N+](=O)[O-]. The highest BCUT2D eigenvalue weighted by Gasteiger charge is 2.28. The van der Waals surface area contributed by atoms with Crippen molar-refractivity contribution in [3.8, 4) is 0 Å². The Morgan fingerprint density at radius 1 is 0.692 bits per heavy atom. The van der Waals surface area contributed by atoms with Crippen LogP contribution in [0.15, 0.2) is 36.4 Å². The summed E-state index contributed by atoms with van der Waals surface area (Å²) in [6, 6.07) is 9.19. The number of hydrogen-bond acceptors (Lipinski definition) is 6. The highest BCUT2D eigenvalue weighted by Crippen LogP contribution is 2.35. The maximum absolute atomic E-state index is 12.7. The molecule has 0 aromatic heterocycles. The molecule has 4 rings (SSSR count). The van der Waals surface area contributed by atoms with Gasteiger partial charge in [0.2, 0.25) is 0 Å². The topological polar surface area (TPSA) is 144 Å². The van der Waals surface area contributed by atoms with Crippen molar-refractivity contribution in [2.45, 2.75) is 83.7 Å². The summed E-state index contributed by atoms with van der Waals surface area (Å²) in [6.07, 6.45) is 9.18. The van der Waals surface area contributed by atoms with Crippen LogP contribution in [0.3, 0.4) is 0 Å². The summed E-state index contributed by atoms with van der Waals surface area (Å²) in [7, 11) is 0. The minimum Gasteiger partial charge on any atom is -0.349 e. The lowest BCUT2D eigenvalue weighted by molar-refractivity contribution is -0.385. The first-order valence-electron chi connectivity index (χ1n) is 13.7. The van der Waals surface area contributed by atoms with Crippen LogP contribution < -0.4 is 10.6 Å². The second-order valence-corrected chi connectivity index (χ2v) is 11.1. The van der Waals surface area contributed by atoms with Crippen LogP contribution in [0, 0.1) is 45.9 Å². The largest absolute Gasteiger partial charge is 0.349 e. The molecule has 2 aromatic rings. The number of nitro groups is 2. The average Bonchev–Trinajstić information content (AvgIpc) is 2.90. The van der Waals surface area contributed by atoms with Crippen LogP contribution >= 0.6 is 0 Å². The van der Waals surface area contributed by atoms with Crippen molar-refractivity contribution in [2.75, 3.05) is 0 Å². The van der Waals surface area contributed by atoms with Gasteiger partial charge in [-0.1, -0.05) is 0 Å². The van der Waals surface area contributed by atoms with E-state index in [2.05, 4.69) is 10.6 Å². The maximum atomic E-state index is 12.7. The van der Waals surface area contributed by atoms with Gasteiger partial charge in [0.1, 0.15) is 0 Å². The predicted octanol–water partition coefficient (Wildman–Crippen LogP) is 5.79. The molecule has 10 nitrogen and oxygen atoms in total. The minimum atomic E-state index is -0.441. The highest BCUT2D eigenvalue weighted by molar-refractivity contribution is 5.95. The standard InChI is InChI=1S/C29H36N4O6/c1-18-15-22(7-13-26(18)32(36)37)28(34)30-24-9-3-20(4-10-24)17-21-5-11-25(12-6-21)31-29(35)23-8-14-27(33(38)39)19(2)16-23/h7-8,13-16,20-21,24-25H,3-6,9-12,17H2,1-2H3,(H,30,34)(H,31,35). The molecular weight excluding hydrogens is 500 g/mol. The van der Waals surface area contributed by atoms with Crippen LogP contribution in [-0.4, -0.2) is 33.7 Å². The summed E-state index contributed by atoms with van der Waals surface area (Å²) >= 11 is 0. The monoisotopic (exact) mass is 536 g/mol. The number of aryl methyl sites for hydroxylation is 2. The molecule has 2 amide bonds. The number of rotatable bonds is 8. The molecule has 2 aliphatic carbocycles. The summed E-state index contributed by atoms with van der Waals surface area (Å²) in [4.78, 5) is 46.5. The molecule has 0 radical (unpaired) electrons. The molecule has 208 valence electrons. The Morgan fingerprint density at radius 3 is 1.36 bits per heavy atom. The minimum absolute atomic E-state index is 0.0167. The van der Waals surface area contributed by atoms with Crippen molar-refractivity contribution < 1.29 is 19.4 Å². The van der Waals surface area contributed by atoms with Gasteiger partial charge in [0, 0.05) is 46.5 Å². The Hall–Kier alpha value is -3.82. The quantitative estimate of drug-likeness (QED) is 0.323. The second-order valence-electron chi connectivity index (χ2n) is 11.1. The van der Waals surface area contributed by atoms with Gasteiger partial charge in [-0.3, -0.25) is 29.8 Å². The zero-order valence-electron chi connectivity index (χ0n) is 22.5. The van der Waals surface area contributed by atoms with Gasteiger partial charge in [0.05, 0.1) is 9.85 Å². The number of nitrogens with zero attached hydrogens (tertiary/aromatic N) is 2. The van der Waals surface area contributed by atoms with E-state index in [9.17, 15) is 29.8 Å². The fraction of sp³-hybridized carbons (Fsp3) is 0.517. The molecule has 0 atom stereocenters. The van der Waals surface area contributed by atoms with E-state index in [1.165, 1.54) is 30.7 Å². The molecule has 2 saturated carbocycles. The van der Waals surface area contributed by atoms with Gasteiger partial charge in [-0.15, -0.1) is 0 Å². The number of nitro benzene ring substituents is 2. The number of benzene rings is 2. The molecule has 0 heterocycles. The number of carbonyl (C=O) groups is 2. The van der Waals surface area contributed by atoms with E-state index >= 15 is 0 Å². The van der Waals surface area contributed by atoms with Crippen LogP contribution in [0.2, 0.25) is 0 Å². The first-order valence-corrected chi connectivity index (χ1v) is 13.7. The molecule has 2 fully saturated rings. The molecule has 10 heteroatoms. The molecule has 39 heavy (non-hydrogen) atoms. The first kappa shape index (κ1) is 28.2. The Balaban J connectivity index is 1.17. The normalized spacial score (nSPS) is 23.0. The number of hydrogen-bond donors (Lipinski definition) is 2. The molecule has 2 N–H and O–H groups in total. The Bertz CT molecular complexity index is 1150. The van der Waals surface area contributed by atoms with Crippen molar-refractivity contribution in [3.63, 3.8) is 0 Å². The van der Waals surface area contributed by atoms with Crippen molar-refractivity contribution in [1.82, 2.24) is 10.6 Å². The first-order chi connectivity index (χ1) is 18.6. The van der Waals surface area contributed by atoms with Crippen LogP contribution in [0.1, 0.15) is 89.6 Å². The number of amides is 2.